The number of hydrogen-bond acceptors (Lipinski definition) is 3. The van der Waals surface area contributed by atoms with Crippen molar-refractivity contribution in [3.63, 3.8) is 0 Å². The van der Waals surface area contributed by atoms with E-state index in [9.17, 15) is 9.59 Å². The summed E-state index contributed by atoms with van der Waals surface area (Å²) in [6.07, 6.45) is 3.43. The van der Waals surface area contributed by atoms with Gasteiger partial charge in [-0.15, -0.1) is 0 Å². The first-order valence-electron chi connectivity index (χ1n) is 10.0. The molecule has 0 bridgehead atoms. The van der Waals surface area contributed by atoms with Gasteiger partial charge in [0.15, 0.2) is 6.61 Å². The van der Waals surface area contributed by atoms with Gasteiger partial charge in [0.2, 0.25) is 5.91 Å². The summed E-state index contributed by atoms with van der Waals surface area (Å²) in [7, 11) is 0. The fourth-order valence-electron chi connectivity index (χ4n) is 3.80. The molecule has 1 unspecified atom stereocenters. The lowest BCUT2D eigenvalue weighted by molar-refractivity contribution is -0.133. The highest BCUT2D eigenvalue weighted by Crippen LogP contribution is 2.37. The minimum absolute atomic E-state index is 0.0168. The number of carbonyl (C=O) groups is 2. The third-order valence-electron chi connectivity index (χ3n) is 5.40. The maximum absolute atomic E-state index is 12.6. The predicted octanol–water partition coefficient (Wildman–Crippen LogP) is 3.23. The molecular formula is C23H26N2O3. The minimum Gasteiger partial charge on any atom is -0.484 e. The molecule has 1 atom stereocenters. The SMILES string of the molecule is CCC(=O)N1CCc2ccc(OCC(=O)NC3CC3)cc2C1c1ccccc1. The Labute approximate surface area is 165 Å². The van der Waals surface area contributed by atoms with Crippen LogP contribution in [0.1, 0.15) is 48.9 Å². The summed E-state index contributed by atoms with van der Waals surface area (Å²) in [4.78, 5) is 26.5. The maximum Gasteiger partial charge on any atom is 0.258 e. The molecule has 1 aliphatic heterocycles. The lowest BCUT2D eigenvalue weighted by Gasteiger charge is -2.38. The molecule has 146 valence electrons. The lowest BCUT2D eigenvalue weighted by atomic mass is 9.87. The second kappa shape index (κ2) is 8.05. The topological polar surface area (TPSA) is 58.6 Å². The molecule has 1 saturated carbocycles. The van der Waals surface area contributed by atoms with Gasteiger partial charge in [-0.25, -0.2) is 0 Å². The highest BCUT2D eigenvalue weighted by Gasteiger charge is 2.31. The Hall–Kier alpha value is -2.82. The molecular weight excluding hydrogens is 352 g/mol. The largest absolute Gasteiger partial charge is 0.484 e. The van der Waals surface area contributed by atoms with Crippen molar-refractivity contribution >= 4 is 11.8 Å². The summed E-state index contributed by atoms with van der Waals surface area (Å²) in [5.74, 6) is 0.730. The van der Waals surface area contributed by atoms with Crippen LogP contribution in [0.2, 0.25) is 0 Å². The third kappa shape index (κ3) is 4.03. The summed E-state index contributed by atoms with van der Waals surface area (Å²) in [6.45, 7) is 2.63. The molecule has 1 fully saturated rings. The van der Waals surface area contributed by atoms with Crippen LogP contribution in [0.3, 0.4) is 0 Å². The molecule has 1 N–H and O–H groups in total. The van der Waals surface area contributed by atoms with Crippen LogP contribution < -0.4 is 10.1 Å². The van der Waals surface area contributed by atoms with E-state index in [0.29, 0.717) is 24.8 Å². The lowest BCUT2D eigenvalue weighted by Crippen LogP contribution is -2.40. The Morgan fingerprint density at radius 1 is 1.14 bits per heavy atom. The van der Waals surface area contributed by atoms with Crippen molar-refractivity contribution in [1.29, 1.82) is 0 Å². The van der Waals surface area contributed by atoms with Gasteiger partial charge in [-0.2, -0.15) is 0 Å². The normalized spacial score (nSPS) is 18.3. The molecule has 2 aliphatic rings. The summed E-state index contributed by atoms with van der Waals surface area (Å²) in [5.41, 5.74) is 3.40. The molecule has 2 amide bonds. The summed E-state index contributed by atoms with van der Waals surface area (Å²) >= 11 is 0. The Morgan fingerprint density at radius 3 is 2.64 bits per heavy atom. The molecule has 5 nitrogen and oxygen atoms in total. The Balaban J connectivity index is 1.60. The highest BCUT2D eigenvalue weighted by atomic mass is 16.5. The van der Waals surface area contributed by atoms with E-state index >= 15 is 0 Å². The van der Waals surface area contributed by atoms with E-state index in [0.717, 1.165) is 30.4 Å². The smallest absolute Gasteiger partial charge is 0.258 e. The molecule has 2 aromatic carbocycles. The van der Waals surface area contributed by atoms with Crippen molar-refractivity contribution in [3.8, 4) is 5.75 Å². The van der Waals surface area contributed by atoms with E-state index in [4.69, 9.17) is 4.74 Å². The number of rotatable bonds is 6. The van der Waals surface area contributed by atoms with Crippen molar-refractivity contribution in [3.05, 3.63) is 65.2 Å². The fourth-order valence-corrected chi connectivity index (χ4v) is 3.80. The van der Waals surface area contributed by atoms with Crippen molar-refractivity contribution < 1.29 is 14.3 Å². The number of carbonyl (C=O) groups excluding carboxylic acids is 2. The first-order chi connectivity index (χ1) is 13.7. The fraction of sp³-hybridized carbons (Fsp3) is 0.391. The summed E-state index contributed by atoms with van der Waals surface area (Å²) in [5, 5.41) is 2.93. The molecule has 28 heavy (non-hydrogen) atoms. The van der Waals surface area contributed by atoms with Gasteiger partial charge in [-0.05, 0) is 48.1 Å². The van der Waals surface area contributed by atoms with Gasteiger partial charge in [0.05, 0.1) is 6.04 Å². The van der Waals surface area contributed by atoms with Crippen molar-refractivity contribution in [2.24, 2.45) is 0 Å². The van der Waals surface area contributed by atoms with Crippen LogP contribution in [0.15, 0.2) is 48.5 Å². The Kier molecular flexibility index (Phi) is 5.33. The quantitative estimate of drug-likeness (QED) is 0.840. The number of nitrogens with zero attached hydrogens (tertiary/aromatic N) is 1. The second-order valence-corrected chi connectivity index (χ2v) is 7.49. The standard InChI is InChI=1S/C23H26N2O3/c1-2-22(27)25-13-12-16-8-11-19(28-15-21(26)24-18-9-10-18)14-20(16)23(25)17-6-4-3-5-7-17/h3-8,11,14,18,23H,2,9-10,12-13,15H2,1H3,(H,24,26). The van der Waals surface area contributed by atoms with Crippen molar-refractivity contribution in [2.45, 2.75) is 44.7 Å². The number of fused-ring (bicyclic) bond motifs is 1. The van der Waals surface area contributed by atoms with Crippen LogP contribution in [0.5, 0.6) is 5.75 Å². The maximum atomic E-state index is 12.6. The monoisotopic (exact) mass is 378 g/mol. The number of ether oxygens (including phenoxy) is 1. The number of nitrogens with one attached hydrogen (secondary N) is 1. The zero-order valence-electron chi connectivity index (χ0n) is 16.2. The number of amides is 2. The average molecular weight is 378 g/mol. The van der Waals surface area contributed by atoms with Gasteiger partial charge in [-0.3, -0.25) is 9.59 Å². The highest BCUT2D eigenvalue weighted by molar-refractivity contribution is 5.78. The van der Waals surface area contributed by atoms with E-state index in [2.05, 4.69) is 23.5 Å². The van der Waals surface area contributed by atoms with E-state index in [-0.39, 0.29) is 24.5 Å². The van der Waals surface area contributed by atoms with Gasteiger partial charge in [0.1, 0.15) is 5.75 Å². The molecule has 2 aromatic rings. The molecule has 0 spiro atoms. The first kappa shape index (κ1) is 18.5. The number of benzene rings is 2. The first-order valence-corrected chi connectivity index (χ1v) is 10.0. The zero-order chi connectivity index (χ0) is 19.5. The molecule has 0 saturated heterocycles. The van der Waals surface area contributed by atoms with E-state index in [1.54, 1.807) is 0 Å². The molecule has 1 heterocycles. The van der Waals surface area contributed by atoms with Gasteiger partial charge < -0.3 is 15.0 Å². The predicted molar refractivity (Wildman–Crippen MR) is 107 cm³/mol. The summed E-state index contributed by atoms with van der Waals surface area (Å²) in [6, 6.07) is 16.3. The summed E-state index contributed by atoms with van der Waals surface area (Å²) < 4.78 is 5.75. The van der Waals surface area contributed by atoms with Crippen LogP contribution in [-0.2, 0) is 16.0 Å². The van der Waals surface area contributed by atoms with Gasteiger partial charge in [-0.1, -0.05) is 43.3 Å². The van der Waals surface area contributed by atoms with Gasteiger partial charge >= 0.3 is 0 Å². The molecule has 4 rings (SSSR count). The van der Waals surface area contributed by atoms with Crippen molar-refractivity contribution in [1.82, 2.24) is 10.2 Å². The van der Waals surface area contributed by atoms with E-state index < -0.39 is 0 Å². The minimum atomic E-state index is -0.124. The Morgan fingerprint density at radius 2 is 1.93 bits per heavy atom. The van der Waals surface area contributed by atoms with Crippen LogP contribution >= 0.6 is 0 Å². The van der Waals surface area contributed by atoms with Crippen LogP contribution in [-0.4, -0.2) is 35.9 Å². The van der Waals surface area contributed by atoms with Gasteiger partial charge in [0, 0.05) is 19.0 Å². The number of hydrogen-bond donors (Lipinski definition) is 1. The Bertz CT molecular complexity index is 861. The molecule has 0 radical (unpaired) electrons. The third-order valence-corrected chi connectivity index (χ3v) is 5.40. The van der Waals surface area contributed by atoms with Crippen molar-refractivity contribution in [2.75, 3.05) is 13.2 Å². The van der Waals surface area contributed by atoms with E-state index in [1.165, 1.54) is 5.56 Å². The van der Waals surface area contributed by atoms with Crippen LogP contribution in [0, 0.1) is 0 Å². The average Bonchev–Trinajstić information content (AvgIpc) is 3.55. The molecule has 0 aromatic heterocycles. The van der Waals surface area contributed by atoms with Crippen LogP contribution in [0.25, 0.3) is 0 Å². The zero-order valence-corrected chi connectivity index (χ0v) is 16.2. The molecule has 1 aliphatic carbocycles. The second-order valence-electron chi connectivity index (χ2n) is 7.49. The van der Waals surface area contributed by atoms with Crippen LogP contribution in [0.4, 0.5) is 0 Å². The molecule has 5 heteroatoms. The van der Waals surface area contributed by atoms with E-state index in [1.807, 2.05) is 42.2 Å². The van der Waals surface area contributed by atoms with Gasteiger partial charge in [0.25, 0.3) is 5.91 Å².